The van der Waals surface area contributed by atoms with Gasteiger partial charge >= 0.3 is 6.09 Å². The summed E-state index contributed by atoms with van der Waals surface area (Å²) in [6.07, 6.45) is 9.33. The van der Waals surface area contributed by atoms with E-state index in [1.807, 2.05) is 37.9 Å². The molecule has 0 spiro atoms. The zero-order valence-electron chi connectivity index (χ0n) is 19.8. The maximum absolute atomic E-state index is 13.4. The summed E-state index contributed by atoms with van der Waals surface area (Å²) in [7, 11) is 0. The molecule has 2 aromatic rings. The summed E-state index contributed by atoms with van der Waals surface area (Å²) in [5.74, 6) is 0.790. The van der Waals surface area contributed by atoms with Gasteiger partial charge in [0.2, 0.25) is 0 Å². The first-order valence-electron chi connectivity index (χ1n) is 12.2. The number of ether oxygens (including phenoxy) is 1. The van der Waals surface area contributed by atoms with Crippen molar-refractivity contribution in [3.63, 3.8) is 0 Å². The largest absolute Gasteiger partial charge is 0.443 e. The Morgan fingerprint density at radius 1 is 1.03 bits per heavy atom. The lowest BCUT2D eigenvalue weighted by Crippen LogP contribution is -2.45. The van der Waals surface area contributed by atoms with E-state index in [9.17, 15) is 4.79 Å². The predicted molar refractivity (Wildman–Crippen MR) is 129 cm³/mol. The van der Waals surface area contributed by atoms with Crippen LogP contribution in [0.15, 0.2) is 48.7 Å². The van der Waals surface area contributed by atoms with Crippen molar-refractivity contribution in [1.82, 2.24) is 9.88 Å². The summed E-state index contributed by atoms with van der Waals surface area (Å²) in [4.78, 5) is 22.7. The third kappa shape index (κ3) is 5.50. The van der Waals surface area contributed by atoms with Crippen LogP contribution < -0.4 is 4.90 Å². The number of carbonyl (C=O) groups excluding carboxylic acids is 1. The van der Waals surface area contributed by atoms with Crippen molar-refractivity contribution in [1.29, 1.82) is 0 Å². The number of rotatable bonds is 5. The van der Waals surface area contributed by atoms with E-state index in [-0.39, 0.29) is 18.2 Å². The zero-order chi connectivity index (χ0) is 22.6. The van der Waals surface area contributed by atoms with Gasteiger partial charge in [0.15, 0.2) is 0 Å². The third-order valence-electron chi connectivity index (χ3n) is 6.53. The van der Waals surface area contributed by atoms with E-state index < -0.39 is 5.60 Å². The van der Waals surface area contributed by atoms with Crippen molar-refractivity contribution in [3.05, 3.63) is 59.8 Å². The standard InChI is InChI=1S/C27H37N3O2/c1-27(2,3)32-26(31)30(22-14-8-5-9-15-22)25-23(16-10-18-28-25)24-17-11-19-29(24)20-21-12-6-4-7-13-21/h4,6-7,10,12-13,16,18,22,24H,5,8-9,11,14-15,17,19-20H2,1-3H3. The fraction of sp³-hybridized carbons (Fsp3) is 0.556. The van der Waals surface area contributed by atoms with Gasteiger partial charge in [0, 0.05) is 30.4 Å². The van der Waals surface area contributed by atoms with Gasteiger partial charge in [0.1, 0.15) is 11.4 Å². The summed E-state index contributed by atoms with van der Waals surface area (Å²) in [6, 6.07) is 15.2. The lowest BCUT2D eigenvalue weighted by molar-refractivity contribution is 0.0555. The molecule has 1 aromatic carbocycles. The molecule has 2 fully saturated rings. The maximum atomic E-state index is 13.4. The number of hydrogen-bond donors (Lipinski definition) is 0. The van der Waals surface area contributed by atoms with E-state index in [0.717, 1.165) is 63.0 Å². The number of likely N-dealkylation sites (tertiary alicyclic amines) is 1. The van der Waals surface area contributed by atoms with Crippen LogP contribution in [0.5, 0.6) is 0 Å². The van der Waals surface area contributed by atoms with Crippen molar-refractivity contribution in [3.8, 4) is 0 Å². The Bertz CT molecular complexity index is 887. The Morgan fingerprint density at radius 2 is 1.78 bits per heavy atom. The van der Waals surface area contributed by atoms with Crippen molar-refractivity contribution in [2.24, 2.45) is 0 Å². The van der Waals surface area contributed by atoms with Gasteiger partial charge in [-0.2, -0.15) is 0 Å². The molecule has 0 bridgehead atoms. The smallest absolute Gasteiger partial charge is 0.416 e. The molecule has 1 atom stereocenters. The Kier molecular flexibility index (Phi) is 7.14. The van der Waals surface area contributed by atoms with Crippen LogP contribution in [0, 0.1) is 0 Å². The number of nitrogens with zero attached hydrogens (tertiary/aromatic N) is 3. The monoisotopic (exact) mass is 435 g/mol. The normalized spacial score (nSPS) is 20.3. The molecule has 1 saturated carbocycles. The molecule has 2 aliphatic rings. The van der Waals surface area contributed by atoms with E-state index in [1.54, 1.807) is 0 Å². The molecule has 32 heavy (non-hydrogen) atoms. The van der Waals surface area contributed by atoms with Gasteiger partial charge in [-0.1, -0.05) is 55.7 Å². The summed E-state index contributed by atoms with van der Waals surface area (Å²) in [5.41, 5.74) is 1.93. The molecule has 172 valence electrons. The lowest BCUT2D eigenvalue weighted by Gasteiger charge is -2.37. The minimum Gasteiger partial charge on any atom is -0.443 e. The SMILES string of the molecule is CC(C)(C)OC(=O)N(c1ncccc1C1CCCN1Cc1ccccc1)C1CCCCC1. The quantitative estimate of drug-likeness (QED) is 0.538. The molecule has 1 amide bonds. The molecule has 1 aromatic heterocycles. The molecule has 2 heterocycles. The van der Waals surface area contributed by atoms with Crippen LogP contribution in [-0.4, -0.2) is 34.2 Å². The number of aromatic nitrogens is 1. The lowest BCUT2D eigenvalue weighted by atomic mass is 9.93. The Morgan fingerprint density at radius 3 is 2.50 bits per heavy atom. The summed E-state index contributed by atoms with van der Waals surface area (Å²) < 4.78 is 5.88. The second-order valence-electron chi connectivity index (χ2n) is 10.2. The van der Waals surface area contributed by atoms with Gasteiger partial charge in [0.05, 0.1) is 0 Å². The van der Waals surface area contributed by atoms with Gasteiger partial charge in [-0.05, 0) is 64.6 Å². The first kappa shape index (κ1) is 22.8. The first-order chi connectivity index (χ1) is 15.4. The van der Waals surface area contributed by atoms with E-state index in [2.05, 4.69) is 41.3 Å². The zero-order valence-corrected chi connectivity index (χ0v) is 19.8. The number of anilines is 1. The molecule has 1 aliphatic heterocycles. The highest BCUT2D eigenvalue weighted by atomic mass is 16.6. The van der Waals surface area contributed by atoms with Crippen LogP contribution in [0.3, 0.4) is 0 Å². The minimum atomic E-state index is -0.536. The van der Waals surface area contributed by atoms with Crippen LogP contribution >= 0.6 is 0 Å². The van der Waals surface area contributed by atoms with Crippen molar-refractivity contribution < 1.29 is 9.53 Å². The fourth-order valence-electron chi connectivity index (χ4n) is 5.12. The summed E-state index contributed by atoms with van der Waals surface area (Å²) in [6.45, 7) is 7.77. The molecule has 1 aliphatic carbocycles. The van der Waals surface area contributed by atoms with E-state index in [0.29, 0.717) is 0 Å². The van der Waals surface area contributed by atoms with Crippen LogP contribution in [0.1, 0.15) is 82.9 Å². The molecule has 4 rings (SSSR count). The van der Waals surface area contributed by atoms with Gasteiger partial charge in [-0.15, -0.1) is 0 Å². The van der Waals surface area contributed by atoms with Gasteiger partial charge in [-0.3, -0.25) is 9.80 Å². The minimum absolute atomic E-state index is 0.149. The highest BCUT2D eigenvalue weighted by Gasteiger charge is 2.36. The molecule has 5 nitrogen and oxygen atoms in total. The van der Waals surface area contributed by atoms with E-state index in [4.69, 9.17) is 9.72 Å². The van der Waals surface area contributed by atoms with E-state index >= 15 is 0 Å². The molecular formula is C27H37N3O2. The number of carbonyl (C=O) groups is 1. The molecular weight excluding hydrogens is 398 g/mol. The van der Waals surface area contributed by atoms with Crippen molar-refractivity contribution >= 4 is 11.9 Å². The summed E-state index contributed by atoms with van der Waals surface area (Å²) >= 11 is 0. The fourth-order valence-corrected chi connectivity index (χ4v) is 5.12. The predicted octanol–water partition coefficient (Wildman–Crippen LogP) is 6.49. The number of pyridine rings is 1. The topological polar surface area (TPSA) is 45.7 Å². The Labute approximate surface area is 192 Å². The highest BCUT2D eigenvalue weighted by Crippen LogP contribution is 2.39. The maximum Gasteiger partial charge on any atom is 0.416 e. The molecule has 5 heteroatoms. The van der Waals surface area contributed by atoms with Crippen LogP contribution in [-0.2, 0) is 11.3 Å². The molecule has 1 unspecified atom stereocenters. The number of amides is 1. The average molecular weight is 436 g/mol. The second-order valence-corrected chi connectivity index (χ2v) is 10.2. The summed E-state index contributed by atoms with van der Waals surface area (Å²) in [5, 5.41) is 0. The van der Waals surface area contributed by atoms with Crippen molar-refractivity contribution in [2.45, 2.75) is 89.9 Å². The molecule has 0 N–H and O–H groups in total. The van der Waals surface area contributed by atoms with Crippen LogP contribution in [0.4, 0.5) is 10.6 Å². The average Bonchev–Trinajstić information content (AvgIpc) is 3.22. The Hall–Kier alpha value is -2.40. The van der Waals surface area contributed by atoms with Crippen molar-refractivity contribution in [2.75, 3.05) is 11.4 Å². The van der Waals surface area contributed by atoms with Gasteiger partial charge in [-0.25, -0.2) is 9.78 Å². The van der Waals surface area contributed by atoms with E-state index in [1.165, 1.54) is 12.0 Å². The van der Waals surface area contributed by atoms with Gasteiger partial charge in [0.25, 0.3) is 0 Å². The van der Waals surface area contributed by atoms with Gasteiger partial charge < -0.3 is 4.74 Å². The third-order valence-corrected chi connectivity index (χ3v) is 6.53. The number of benzene rings is 1. The number of hydrogen-bond acceptors (Lipinski definition) is 4. The Balaban J connectivity index is 1.66. The first-order valence-corrected chi connectivity index (χ1v) is 12.2. The second kappa shape index (κ2) is 10.0. The molecule has 0 radical (unpaired) electrons. The molecule has 1 saturated heterocycles. The van der Waals surface area contributed by atoms with Crippen LogP contribution in [0.25, 0.3) is 0 Å². The highest BCUT2D eigenvalue weighted by molar-refractivity contribution is 5.88. The van der Waals surface area contributed by atoms with Crippen LogP contribution in [0.2, 0.25) is 0 Å².